The van der Waals surface area contributed by atoms with E-state index >= 15 is 0 Å². The Kier molecular flexibility index (Phi) is 9.22. The number of ether oxygens (including phenoxy) is 3. The molecule has 4 rings (SSSR count). The third kappa shape index (κ3) is 5.76. The molecule has 1 heterocycles. The van der Waals surface area contributed by atoms with Crippen molar-refractivity contribution >= 4 is 40.1 Å². The van der Waals surface area contributed by atoms with Gasteiger partial charge in [0.05, 0.1) is 39.0 Å². The number of nitrogens with zero attached hydrogens (tertiary/aromatic N) is 2. The zero-order valence-corrected chi connectivity index (χ0v) is 23.0. The normalized spacial score (nSPS) is 11.3. The molecule has 0 spiro atoms. The van der Waals surface area contributed by atoms with E-state index in [4.69, 9.17) is 14.2 Å². The number of carboxylic acid groups (broad SMARTS) is 1. The van der Waals surface area contributed by atoms with E-state index < -0.39 is 11.8 Å². The molecule has 0 unspecified atom stereocenters. The van der Waals surface area contributed by atoms with Gasteiger partial charge in [-0.05, 0) is 59.7 Å². The van der Waals surface area contributed by atoms with Gasteiger partial charge in [0, 0.05) is 23.1 Å². The molecule has 178 valence electrons. The predicted octanol–water partition coefficient (Wildman–Crippen LogP) is 0.350. The Labute approximate surface area is 234 Å². The fraction of sp³-hybridized carbons (Fsp3) is 0.154. The van der Waals surface area contributed by atoms with Crippen molar-refractivity contribution in [2.75, 3.05) is 21.3 Å². The molecule has 10 heteroatoms. The monoisotopic (exact) mass is 512 g/mol. The number of ketones is 1. The molecule has 0 saturated carbocycles. The van der Waals surface area contributed by atoms with Gasteiger partial charge < -0.3 is 24.1 Å². The van der Waals surface area contributed by atoms with E-state index in [-0.39, 0.29) is 47.1 Å². The van der Waals surface area contributed by atoms with Crippen molar-refractivity contribution in [1.29, 1.82) is 0 Å². The first-order chi connectivity index (χ1) is 16.9. The summed E-state index contributed by atoms with van der Waals surface area (Å²) in [5.74, 6) is -0.354. The Hall–Kier alpha value is -3.24. The Morgan fingerprint density at radius 1 is 0.806 bits per heavy atom. The topological polar surface area (TPSA) is 111 Å². The Balaban J connectivity index is 0.00000361. The van der Waals surface area contributed by atoms with Crippen molar-refractivity contribution in [1.82, 2.24) is 8.75 Å². The minimum atomic E-state index is -1.47. The summed E-state index contributed by atoms with van der Waals surface area (Å²) in [4.78, 5) is 26.1. The number of benzene rings is 3. The molecule has 0 fully saturated rings. The smallest absolute Gasteiger partial charge is 0.545 e. The molecule has 8 nitrogen and oxygen atoms in total. The summed E-state index contributed by atoms with van der Waals surface area (Å²) in [5, 5.41) is 12.4. The molecule has 0 aliphatic rings. The summed E-state index contributed by atoms with van der Waals surface area (Å²) in [6, 6.07) is 16.5. The number of rotatable bonds is 9. The molecular weight excluding hydrogens is 491 g/mol. The van der Waals surface area contributed by atoms with Crippen molar-refractivity contribution < 1.29 is 58.5 Å². The number of carbonyl (C=O) groups is 2. The Morgan fingerprint density at radius 3 is 2.11 bits per heavy atom. The van der Waals surface area contributed by atoms with E-state index in [0.29, 0.717) is 45.0 Å². The van der Waals surface area contributed by atoms with Crippen LogP contribution in [0.2, 0.25) is 0 Å². The number of fused-ring (bicyclic) bond motifs is 1. The SMILES string of the molecule is COc1ccc(C(=O)/C(Cc2ccc(OC)c(OC)c2)=C(/C(=O)[O-])c2ccc3nsnc3c2)cc1.[Na+]. The Bertz CT molecular complexity index is 1430. The molecule has 0 aliphatic heterocycles. The van der Waals surface area contributed by atoms with E-state index in [1.54, 1.807) is 60.7 Å². The van der Waals surface area contributed by atoms with E-state index in [1.807, 2.05) is 0 Å². The average Bonchev–Trinajstić information content (AvgIpc) is 3.35. The van der Waals surface area contributed by atoms with Gasteiger partial charge in [0.25, 0.3) is 0 Å². The molecule has 4 aromatic rings. The minimum absolute atomic E-state index is 0. The van der Waals surface area contributed by atoms with Gasteiger partial charge >= 0.3 is 29.6 Å². The van der Waals surface area contributed by atoms with Gasteiger partial charge in [-0.1, -0.05) is 12.1 Å². The van der Waals surface area contributed by atoms with Crippen LogP contribution in [-0.2, 0) is 11.2 Å². The molecular formula is C26H21N2NaO6S. The van der Waals surface area contributed by atoms with Crippen LogP contribution in [0.25, 0.3) is 16.6 Å². The van der Waals surface area contributed by atoms with Gasteiger partial charge in [0.15, 0.2) is 17.3 Å². The van der Waals surface area contributed by atoms with Gasteiger partial charge in [-0.25, -0.2) is 0 Å². The van der Waals surface area contributed by atoms with Gasteiger partial charge in [-0.15, -0.1) is 0 Å². The summed E-state index contributed by atoms with van der Waals surface area (Å²) in [7, 11) is 4.55. The second-order valence-electron chi connectivity index (χ2n) is 7.53. The first-order valence-electron chi connectivity index (χ1n) is 10.5. The van der Waals surface area contributed by atoms with Crippen LogP contribution in [-0.4, -0.2) is 41.8 Å². The van der Waals surface area contributed by atoms with E-state index in [2.05, 4.69) is 8.75 Å². The molecule has 0 atom stereocenters. The molecule has 0 N–H and O–H groups in total. The largest absolute Gasteiger partial charge is 1.00 e. The molecule has 1 aromatic heterocycles. The van der Waals surface area contributed by atoms with Crippen LogP contribution in [0.1, 0.15) is 21.5 Å². The van der Waals surface area contributed by atoms with Crippen LogP contribution >= 0.6 is 11.7 Å². The molecule has 0 radical (unpaired) electrons. The molecule has 3 aromatic carbocycles. The second kappa shape index (κ2) is 12.1. The molecule has 36 heavy (non-hydrogen) atoms. The van der Waals surface area contributed by atoms with E-state index in [0.717, 1.165) is 11.7 Å². The van der Waals surface area contributed by atoms with Crippen molar-refractivity contribution in [3.63, 3.8) is 0 Å². The fourth-order valence-corrected chi connectivity index (χ4v) is 4.26. The Morgan fingerprint density at radius 2 is 1.47 bits per heavy atom. The van der Waals surface area contributed by atoms with Crippen molar-refractivity contribution in [3.8, 4) is 17.2 Å². The van der Waals surface area contributed by atoms with E-state index in [1.165, 1.54) is 21.3 Å². The van der Waals surface area contributed by atoms with Gasteiger partial charge in [-0.3, -0.25) is 4.79 Å². The molecule has 0 aliphatic carbocycles. The van der Waals surface area contributed by atoms with Crippen LogP contribution in [0, 0.1) is 0 Å². The maximum absolute atomic E-state index is 13.7. The summed E-state index contributed by atoms with van der Waals surface area (Å²) >= 11 is 1.02. The number of hydrogen-bond donors (Lipinski definition) is 0. The van der Waals surface area contributed by atoms with Crippen molar-refractivity contribution in [2.45, 2.75) is 6.42 Å². The number of allylic oxidation sites excluding steroid dienone is 1. The number of Topliss-reactive ketones (excluding diaryl/α,β-unsaturated/α-hetero) is 1. The fourth-order valence-electron chi connectivity index (χ4n) is 3.75. The van der Waals surface area contributed by atoms with Crippen molar-refractivity contribution in [2.24, 2.45) is 0 Å². The molecule has 0 amide bonds. The summed E-state index contributed by atoms with van der Waals surface area (Å²) in [6.45, 7) is 0. The summed E-state index contributed by atoms with van der Waals surface area (Å²) in [5.41, 5.74) is 2.31. The number of aromatic nitrogens is 2. The molecule has 0 bridgehead atoms. The average molecular weight is 513 g/mol. The number of methoxy groups -OCH3 is 3. The first kappa shape index (κ1) is 27.3. The predicted molar refractivity (Wildman–Crippen MR) is 130 cm³/mol. The summed E-state index contributed by atoms with van der Waals surface area (Å²) < 4.78 is 24.2. The van der Waals surface area contributed by atoms with Gasteiger partial charge in [-0.2, -0.15) is 8.75 Å². The van der Waals surface area contributed by atoms with Gasteiger partial charge in [0.1, 0.15) is 16.8 Å². The quantitative estimate of drug-likeness (QED) is 0.180. The number of carboxylic acids is 1. The number of aliphatic carboxylic acids is 1. The molecule has 0 saturated heterocycles. The zero-order valence-electron chi connectivity index (χ0n) is 20.2. The van der Waals surface area contributed by atoms with Crippen LogP contribution < -0.4 is 48.9 Å². The minimum Gasteiger partial charge on any atom is -0.545 e. The third-order valence-electron chi connectivity index (χ3n) is 5.50. The second-order valence-corrected chi connectivity index (χ2v) is 8.06. The zero-order chi connectivity index (χ0) is 24.9. The standard InChI is InChI=1S/C26H22N2O6S.Na/c1-32-18-8-5-16(6-9-18)25(29)19(12-15-4-11-22(33-2)23(13-15)34-3)24(26(30)31)17-7-10-20-21(14-17)28-35-27-20;/h4-11,13-14H,12H2,1-3H3,(H,30,31);/q;+1/p-1/b24-19+;. The first-order valence-corrected chi connectivity index (χ1v) is 11.2. The van der Waals surface area contributed by atoms with Crippen LogP contribution in [0.15, 0.2) is 66.2 Å². The number of hydrogen-bond acceptors (Lipinski definition) is 9. The van der Waals surface area contributed by atoms with Crippen LogP contribution in [0.4, 0.5) is 0 Å². The van der Waals surface area contributed by atoms with Gasteiger partial charge in [0.2, 0.25) is 0 Å². The summed E-state index contributed by atoms with van der Waals surface area (Å²) in [6.07, 6.45) is 0.0158. The van der Waals surface area contributed by atoms with Crippen LogP contribution in [0.3, 0.4) is 0 Å². The van der Waals surface area contributed by atoms with Crippen molar-refractivity contribution in [3.05, 3.63) is 82.9 Å². The third-order valence-corrected chi connectivity index (χ3v) is 6.06. The maximum atomic E-state index is 13.7. The van der Waals surface area contributed by atoms with Crippen LogP contribution in [0.5, 0.6) is 17.2 Å². The van der Waals surface area contributed by atoms with E-state index in [9.17, 15) is 14.7 Å². The maximum Gasteiger partial charge on any atom is 1.00 e. The number of carbonyl (C=O) groups excluding carboxylic acids is 2.